The van der Waals surface area contributed by atoms with E-state index in [1.807, 2.05) is 42.5 Å². The minimum Gasteiger partial charge on any atom is -0.454 e. The maximum Gasteiger partial charge on any atom is 0.231 e. The summed E-state index contributed by atoms with van der Waals surface area (Å²) in [6.45, 7) is 4.50. The van der Waals surface area contributed by atoms with Crippen LogP contribution in [0.4, 0.5) is 0 Å². The van der Waals surface area contributed by atoms with Gasteiger partial charge in [-0.3, -0.25) is 0 Å². The van der Waals surface area contributed by atoms with E-state index < -0.39 is 15.3 Å². The average Bonchev–Trinajstić information content (AvgIpc) is 3.30. The molecule has 2 heterocycles. The second-order valence-electron chi connectivity index (χ2n) is 7.15. The normalized spacial score (nSPS) is 21.7. The molecule has 0 radical (unpaired) electrons. The molecule has 0 aromatic heterocycles. The zero-order valence-electron chi connectivity index (χ0n) is 15.3. The molecule has 0 unspecified atom stereocenters. The molecule has 7 heteroatoms. The topological polar surface area (TPSA) is 73.9 Å². The molecule has 1 N–H and O–H groups in total. The van der Waals surface area contributed by atoms with Crippen LogP contribution in [0, 0.1) is 0 Å². The lowest BCUT2D eigenvalue weighted by Crippen LogP contribution is -2.42. The first-order chi connectivity index (χ1) is 12.9. The van der Waals surface area contributed by atoms with Crippen molar-refractivity contribution in [1.29, 1.82) is 0 Å². The summed E-state index contributed by atoms with van der Waals surface area (Å²) in [5.41, 5.74) is 3.18. The molecule has 0 bridgehead atoms. The van der Waals surface area contributed by atoms with E-state index in [1.54, 1.807) is 13.8 Å². The largest absolute Gasteiger partial charge is 0.454 e. The van der Waals surface area contributed by atoms with Gasteiger partial charge in [0.2, 0.25) is 16.8 Å². The van der Waals surface area contributed by atoms with Crippen LogP contribution in [0.5, 0.6) is 11.5 Å². The predicted octanol–water partition coefficient (Wildman–Crippen LogP) is 2.89. The molecule has 144 valence electrons. The molecule has 2 aliphatic rings. The van der Waals surface area contributed by atoms with Crippen LogP contribution in [0.1, 0.15) is 25.3 Å². The summed E-state index contributed by atoms with van der Waals surface area (Å²) in [7, 11) is -3.34. The Balaban J connectivity index is 1.53. The van der Waals surface area contributed by atoms with Gasteiger partial charge in [0.15, 0.2) is 11.5 Å². The van der Waals surface area contributed by atoms with Gasteiger partial charge in [0.05, 0.1) is 24.5 Å². The zero-order chi connectivity index (χ0) is 19.0. The van der Waals surface area contributed by atoms with Gasteiger partial charge in [0.25, 0.3) is 0 Å². The number of sulfonamides is 1. The lowest BCUT2D eigenvalue weighted by Gasteiger charge is -2.21. The van der Waals surface area contributed by atoms with E-state index in [4.69, 9.17) is 14.2 Å². The minimum absolute atomic E-state index is 0.00401. The lowest BCUT2D eigenvalue weighted by atomic mass is 9.93. The second-order valence-corrected chi connectivity index (χ2v) is 9.42. The van der Waals surface area contributed by atoms with E-state index in [-0.39, 0.29) is 18.8 Å². The second kappa shape index (κ2) is 7.14. The summed E-state index contributed by atoms with van der Waals surface area (Å²) >= 11 is 0. The fourth-order valence-electron chi connectivity index (χ4n) is 3.34. The number of fused-ring (bicyclic) bond motifs is 1. The van der Waals surface area contributed by atoms with E-state index >= 15 is 0 Å². The van der Waals surface area contributed by atoms with Crippen molar-refractivity contribution >= 4 is 10.0 Å². The van der Waals surface area contributed by atoms with E-state index in [1.165, 1.54) is 0 Å². The highest BCUT2D eigenvalue weighted by Crippen LogP contribution is 2.36. The SMILES string of the molecule is CC(C)S(=O)(=O)N[C@@H]1COC[C@@H]1c1ccc(-c2ccc3c(c2)OCO3)cc1. The van der Waals surface area contributed by atoms with Crippen molar-refractivity contribution in [2.24, 2.45) is 0 Å². The minimum atomic E-state index is -3.34. The van der Waals surface area contributed by atoms with Gasteiger partial charge in [0.1, 0.15) is 0 Å². The van der Waals surface area contributed by atoms with Gasteiger partial charge < -0.3 is 14.2 Å². The summed E-state index contributed by atoms with van der Waals surface area (Å²) < 4.78 is 43.6. The van der Waals surface area contributed by atoms with Crippen molar-refractivity contribution in [2.45, 2.75) is 31.1 Å². The lowest BCUT2D eigenvalue weighted by molar-refractivity contribution is 0.174. The van der Waals surface area contributed by atoms with Crippen LogP contribution in [0.3, 0.4) is 0 Å². The fourth-order valence-corrected chi connectivity index (χ4v) is 4.27. The van der Waals surface area contributed by atoms with Crippen LogP contribution in [-0.4, -0.2) is 39.7 Å². The van der Waals surface area contributed by atoms with Gasteiger partial charge >= 0.3 is 0 Å². The van der Waals surface area contributed by atoms with E-state index in [0.29, 0.717) is 13.2 Å². The first kappa shape index (κ1) is 18.3. The van der Waals surface area contributed by atoms with Gasteiger partial charge in [0, 0.05) is 5.92 Å². The number of nitrogens with one attached hydrogen (secondary N) is 1. The molecule has 0 spiro atoms. The van der Waals surface area contributed by atoms with Crippen molar-refractivity contribution < 1.29 is 22.6 Å². The predicted molar refractivity (Wildman–Crippen MR) is 103 cm³/mol. The standard InChI is InChI=1S/C20H23NO5S/c1-13(2)27(22,23)21-18-11-24-10-17(18)15-5-3-14(4-6-15)16-7-8-19-20(9-16)26-12-25-19/h3-9,13,17-18,21H,10-12H2,1-2H3/t17-,18-/m1/s1. The Hall–Kier alpha value is -2.09. The van der Waals surface area contributed by atoms with Crippen LogP contribution in [0.15, 0.2) is 42.5 Å². The summed E-state index contributed by atoms with van der Waals surface area (Å²) in [4.78, 5) is 0. The van der Waals surface area contributed by atoms with Crippen molar-refractivity contribution in [2.75, 3.05) is 20.0 Å². The Morgan fingerprint density at radius 1 is 0.963 bits per heavy atom. The molecule has 0 saturated carbocycles. The smallest absolute Gasteiger partial charge is 0.231 e. The van der Waals surface area contributed by atoms with Crippen LogP contribution in [0.25, 0.3) is 11.1 Å². The molecule has 2 aromatic carbocycles. The number of ether oxygens (including phenoxy) is 3. The molecule has 0 amide bonds. The number of hydrogen-bond acceptors (Lipinski definition) is 5. The molecule has 2 aromatic rings. The highest BCUT2D eigenvalue weighted by atomic mass is 32.2. The summed E-state index contributed by atoms with van der Waals surface area (Å²) in [5, 5.41) is -0.466. The molecular formula is C20H23NO5S. The number of hydrogen-bond donors (Lipinski definition) is 1. The van der Waals surface area contributed by atoms with Crippen LogP contribution >= 0.6 is 0 Å². The average molecular weight is 389 g/mol. The molecule has 27 heavy (non-hydrogen) atoms. The number of benzene rings is 2. The van der Waals surface area contributed by atoms with Gasteiger partial charge in [-0.15, -0.1) is 0 Å². The summed E-state index contributed by atoms with van der Waals surface area (Å²) in [5.74, 6) is 1.52. The third kappa shape index (κ3) is 3.67. The van der Waals surface area contributed by atoms with Gasteiger partial charge in [-0.2, -0.15) is 0 Å². The molecule has 1 fully saturated rings. The number of rotatable bonds is 5. The first-order valence-electron chi connectivity index (χ1n) is 9.03. The van der Waals surface area contributed by atoms with E-state index in [0.717, 1.165) is 28.2 Å². The van der Waals surface area contributed by atoms with E-state index in [9.17, 15) is 8.42 Å². The van der Waals surface area contributed by atoms with Crippen molar-refractivity contribution in [3.63, 3.8) is 0 Å². The quantitative estimate of drug-likeness (QED) is 0.851. The summed E-state index contributed by atoms with van der Waals surface area (Å²) in [6, 6.07) is 13.8. The third-order valence-corrected chi connectivity index (χ3v) is 6.93. The third-order valence-electron chi connectivity index (χ3n) is 5.06. The molecule has 0 aliphatic carbocycles. The summed E-state index contributed by atoms with van der Waals surface area (Å²) in [6.07, 6.45) is 0. The molecule has 1 saturated heterocycles. The van der Waals surface area contributed by atoms with Crippen LogP contribution in [-0.2, 0) is 14.8 Å². The van der Waals surface area contributed by atoms with Crippen LogP contribution in [0.2, 0.25) is 0 Å². The van der Waals surface area contributed by atoms with Crippen molar-refractivity contribution in [3.05, 3.63) is 48.0 Å². The van der Waals surface area contributed by atoms with E-state index in [2.05, 4.69) is 4.72 Å². The van der Waals surface area contributed by atoms with Crippen LogP contribution < -0.4 is 14.2 Å². The monoisotopic (exact) mass is 389 g/mol. The van der Waals surface area contributed by atoms with Gasteiger partial charge in [-0.1, -0.05) is 30.3 Å². The van der Waals surface area contributed by atoms with Gasteiger partial charge in [-0.05, 0) is 42.7 Å². The molecule has 2 aliphatic heterocycles. The Morgan fingerprint density at radius 3 is 2.41 bits per heavy atom. The molecular weight excluding hydrogens is 366 g/mol. The molecule has 4 rings (SSSR count). The Morgan fingerprint density at radius 2 is 1.67 bits per heavy atom. The fraction of sp³-hybridized carbons (Fsp3) is 0.400. The van der Waals surface area contributed by atoms with Gasteiger partial charge in [-0.25, -0.2) is 13.1 Å². The zero-order valence-corrected chi connectivity index (χ0v) is 16.2. The van der Waals surface area contributed by atoms with Crippen molar-refractivity contribution in [1.82, 2.24) is 4.72 Å². The Bertz CT molecular complexity index is 924. The maximum absolute atomic E-state index is 12.2. The highest BCUT2D eigenvalue weighted by Gasteiger charge is 2.33. The Kier molecular flexibility index (Phi) is 4.84. The molecule has 2 atom stereocenters. The Labute approximate surface area is 159 Å². The maximum atomic E-state index is 12.2. The van der Waals surface area contributed by atoms with Crippen molar-refractivity contribution in [3.8, 4) is 22.6 Å². The highest BCUT2D eigenvalue weighted by molar-refractivity contribution is 7.90. The first-order valence-corrected chi connectivity index (χ1v) is 10.6. The molecule has 6 nitrogen and oxygen atoms in total.